The fourth-order valence-electron chi connectivity index (χ4n) is 4.36. The van der Waals surface area contributed by atoms with Crippen LogP contribution in [0.15, 0.2) is 0 Å². The molecule has 0 radical (unpaired) electrons. The molecule has 0 saturated carbocycles. The number of alkyl halides is 2. The molecular weight excluding hydrogens is 631 g/mol. The number of rotatable bonds is 28. The van der Waals surface area contributed by atoms with Crippen LogP contribution in [0.3, 0.4) is 0 Å². The predicted octanol–water partition coefficient (Wildman–Crippen LogP) is 10.5. The molecular formula is C30H60Br2O5P+. The highest BCUT2D eigenvalue weighted by Crippen LogP contribution is 2.27. The normalized spacial score (nSPS) is 14.6. The van der Waals surface area contributed by atoms with Crippen molar-refractivity contribution in [2.75, 3.05) is 13.2 Å². The lowest BCUT2D eigenvalue weighted by Gasteiger charge is -2.23. The van der Waals surface area contributed by atoms with E-state index >= 15 is 0 Å². The van der Waals surface area contributed by atoms with Crippen LogP contribution in [-0.2, 0) is 13.6 Å². The molecule has 0 spiro atoms. The van der Waals surface area contributed by atoms with Crippen LogP contribution in [0, 0.1) is 0 Å². The molecule has 2 atom stereocenters. The molecule has 0 fully saturated rings. The zero-order chi connectivity index (χ0) is 28.7. The molecule has 8 heteroatoms. The van der Waals surface area contributed by atoms with Gasteiger partial charge in [0.05, 0.1) is 12.2 Å². The number of hydrogen-bond acceptors (Lipinski definition) is 5. The third kappa shape index (κ3) is 25.8. The van der Waals surface area contributed by atoms with Crippen molar-refractivity contribution in [3.8, 4) is 0 Å². The van der Waals surface area contributed by atoms with Crippen LogP contribution >= 0.6 is 40.1 Å². The molecule has 0 aliphatic heterocycles. The third-order valence-electron chi connectivity index (χ3n) is 7.22. The first-order valence-electron chi connectivity index (χ1n) is 15.4. The number of aliphatic hydroxyl groups excluding tert-OH is 2. The first-order valence-corrected chi connectivity index (χ1v) is 18.1. The number of hydrogen-bond donors (Lipinski definition) is 2. The standard InChI is InChI=1S/C30H60Br2O5P/c1-29(2,31)27(33)23-19-15-11-7-5-9-13-17-21-25-36-38(35)37-26-22-18-14-10-6-8-12-16-20-24-28(34)30(3,4)32/h27-28,33-34H,5-26H2,1-4H3/q+1. The lowest BCUT2D eigenvalue weighted by atomic mass is 9.99. The maximum absolute atomic E-state index is 11.8. The molecule has 2 unspecified atom stereocenters. The van der Waals surface area contributed by atoms with Crippen molar-refractivity contribution in [3.63, 3.8) is 0 Å². The van der Waals surface area contributed by atoms with Gasteiger partial charge in [0.15, 0.2) is 0 Å². The van der Waals surface area contributed by atoms with Crippen molar-refractivity contribution < 1.29 is 23.8 Å². The summed E-state index contributed by atoms with van der Waals surface area (Å²) in [6, 6.07) is 0. The van der Waals surface area contributed by atoms with Crippen molar-refractivity contribution in [1.82, 2.24) is 0 Å². The highest BCUT2D eigenvalue weighted by Gasteiger charge is 2.24. The molecule has 0 aromatic carbocycles. The van der Waals surface area contributed by atoms with E-state index in [1.165, 1.54) is 77.0 Å². The summed E-state index contributed by atoms with van der Waals surface area (Å²) in [4.78, 5) is 0. The molecule has 38 heavy (non-hydrogen) atoms. The van der Waals surface area contributed by atoms with Gasteiger partial charge < -0.3 is 10.2 Å². The van der Waals surface area contributed by atoms with E-state index in [-0.39, 0.29) is 20.9 Å². The summed E-state index contributed by atoms with van der Waals surface area (Å²) in [6.07, 6.45) is 22.4. The summed E-state index contributed by atoms with van der Waals surface area (Å²) in [6.45, 7) is 9.11. The molecule has 0 rings (SSSR count). The molecule has 0 aromatic heterocycles. The third-order valence-corrected chi connectivity index (χ3v) is 9.07. The molecule has 2 N–H and O–H groups in total. The minimum atomic E-state index is -1.97. The smallest absolute Gasteiger partial charge is 0.392 e. The average molecular weight is 692 g/mol. The minimum Gasteiger partial charge on any atom is -0.392 e. The van der Waals surface area contributed by atoms with Crippen molar-refractivity contribution in [1.29, 1.82) is 0 Å². The first-order chi connectivity index (χ1) is 17.9. The molecule has 0 aromatic rings. The summed E-state index contributed by atoms with van der Waals surface area (Å²) < 4.78 is 22.1. The van der Waals surface area contributed by atoms with Gasteiger partial charge in [-0.25, -0.2) is 0 Å². The molecule has 0 aliphatic rings. The van der Waals surface area contributed by atoms with Crippen LogP contribution in [0.2, 0.25) is 0 Å². The van der Waals surface area contributed by atoms with Crippen LogP contribution in [0.25, 0.3) is 0 Å². The van der Waals surface area contributed by atoms with E-state index in [9.17, 15) is 14.8 Å². The summed E-state index contributed by atoms with van der Waals surface area (Å²) in [7, 11) is -1.97. The van der Waals surface area contributed by atoms with Gasteiger partial charge >= 0.3 is 8.25 Å². The number of unbranched alkanes of at least 4 members (excludes halogenated alkanes) is 16. The minimum absolute atomic E-state index is 0.186. The van der Waals surface area contributed by atoms with Crippen LogP contribution in [0.4, 0.5) is 0 Å². The van der Waals surface area contributed by atoms with Gasteiger partial charge in [-0.1, -0.05) is 135 Å². The highest BCUT2D eigenvalue weighted by molar-refractivity contribution is 9.10. The van der Waals surface area contributed by atoms with Gasteiger partial charge in [0.1, 0.15) is 13.2 Å². The molecule has 0 amide bonds. The Morgan fingerprint density at radius 2 is 0.763 bits per heavy atom. The topological polar surface area (TPSA) is 76.0 Å². The lowest BCUT2D eigenvalue weighted by molar-refractivity contribution is 0.131. The number of aliphatic hydroxyl groups is 2. The Balaban J connectivity index is 3.29. The van der Waals surface area contributed by atoms with Gasteiger partial charge in [-0.3, -0.25) is 0 Å². The Morgan fingerprint density at radius 3 is 1.03 bits per heavy atom. The fourth-order valence-corrected chi connectivity index (χ4v) is 5.44. The molecule has 228 valence electrons. The average Bonchev–Trinajstić information content (AvgIpc) is 2.83. The largest absolute Gasteiger partial charge is 0.697 e. The molecule has 0 saturated heterocycles. The van der Waals surface area contributed by atoms with Gasteiger partial charge in [-0.05, 0) is 53.4 Å². The maximum Gasteiger partial charge on any atom is 0.697 e. The van der Waals surface area contributed by atoms with Crippen molar-refractivity contribution in [2.45, 2.75) is 177 Å². The number of halogens is 2. The van der Waals surface area contributed by atoms with E-state index in [0.717, 1.165) is 51.4 Å². The summed E-state index contributed by atoms with van der Waals surface area (Å²) in [5.41, 5.74) is 0. The zero-order valence-corrected chi connectivity index (χ0v) is 29.1. The van der Waals surface area contributed by atoms with E-state index in [2.05, 4.69) is 31.9 Å². The van der Waals surface area contributed by atoms with Crippen LogP contribution < -0.4 is 0 Å². The summed E-state index contributed by atoms with van der Waals surface area (Å²) in [5, 5.41) is 20.0. The quantitative estimate of drug-likeness (QED) is 0.0485. The molecule has 0 bridgehead atoms. The molecule has 5 nitrogen and oxygen atoms in total. The second-order valence-electron chi connectivity index (χ2n) is 12.0. The van der Waals surface area contributed by atoms with Gasteiger partial charge in [0, 0.05) is 13.2 Å². The second kappa shape index (κ2) is 24.5. The Bertz CT molecular complexity index is 506. The van der Waals surface area contributed by atoms with Crippen LogP contribution in [0.1, 0.15) is 156 Å². The van der Waals surface area contributed by atoms with E-state index < -0.39 is 8.25 Å². The predicted molar refractivity (Wildman–Crippen MR) is 170 cm³/mol. The highest BCUT2D eigenvalue weighted by atomic mass is 79.9. The van der Waals surface area contributed by atoms with Crippen LogP contribution in [-0.4, -0.2) is 44.3 Å². The fraction of sp³-hybridized carbons (Fsp3) is 1.00. The first kappa shape index (κ1) is 38.9. The van der Waals surface area contributed by atoms with Gasteiger partial charge in [0.25, 0.3) is 0 Å². The van der Waals surface area contributed by atoms with Gasteiger partial charge in [-0.2, -0.15) is 0 Å². The maximum atomic E-state index is 11.8. The van der Waals surface area contributed by atoms with Gasteiger partial charge in [-0.15, -0.1) is 9.05 Å². The molecule has 0 heterocycles. The van der Waals surface area contributed by atoms with Crippen molar-refractivity contribution >= 4 is 40.1 Å². The van der Waals surface area contributed by atoms with Crippen molar-refractivity contribution in [2.24, 2.45) is 0 Å². The van der Waals surface area contributed by atoms with Crippen molar-refractivity contribution in [3.05, 3.63) is 0 Å². The van der Waals surface area contributed by atoms with E-state index in [4.69, 9.17) is 9.05 Å². The Labute approximate surface area is 253 Å². The van der Waals surface area contributed by atoms with Gasteiger partial charge in [0.2, 0.25) is 0 Å². The van der Waals surface area contributed by atoms with Crippen LogP contribution in [0.5, 0.6) is 0 Å². The Kier molecular flexibility index (Phi) is 25.1. The van der Waals surface area contributed by atoms with E-state index in [1.807, 2.05) is 27.7 Å². The van der Waals surface area contributed by atoms with E-state index in [0.29, 0.717) is 13.2 Å². The van der Waals surface area contributed by atoms with E-state index in [1.54, 1.807) is 0 Å². The second-order valence-corrected chi connectivity index (χ2v) is 17.0. The SMILES string of the molecule is CC(C)(Br)C(O)CCCCCCCCCCCO[P+](=O)OCCCCCCCCCCCC(O)C(C)(C)Br. The summed E-state index contributed by atoms with van der Waals surface area (Å²) >= 11 is 7.06. The Morgan fingerprint density at radius 1 is 0.526 bits per heavy atom. The lowest BCUT2D eigenvalue weighted by Crippen LogP contribution is -2.29. The molecule has 0 aliphatic carbocycles. The monoisotopic (exact) mass is 689 g/mol. The zero-order valence-electron chi connectivity index (χ0n) is 25.0. The summed E-state index contributed by atoms with van der Waals surface area (Å²) in [5.74, 6) is 0. The Hall–Kier alpha value is 0.900.